The van der Waals surface area contributed by atoms with Crippen molar-refractivity contribution in [2.45, 2.75) is 101 Å². The molecule has 0 radical (unpaired) electrons. The molecule has 0 bridgehead atoms. The summed E-state index contributed by atoms with van der Waals surface area (Å²) in [6, 6.07) is 33.9. The Morgan fingerprint density at radius 3 is 1.95 bits per heavy atom. The van der Waals surface area contributed by atoms with Crippen molar-refractivity contribution < 1.29 is 25.9 Å². The van der Waals surface area contributed by atoms with Crippen LogP contribution in [0.25, 0.3) is 21.5 Å². The van der Waals surface area contributed by atoms with Crippen molar-refractivity contribution in [3.8, 4) is 0 Å². The van der Waals surface area contributed by atoms with Crippen LogP contribution in [0.5, 0.6) is 0 Å². The number of thioether (sulfide) groups is 1. The maximum absolute atomic E-state index is 11.7. The monoisotopic (exact) mass is 931 g/mol. The Kier molecular flexibility index (Phi) is 13.5. The van der Waals surface area contributed by atoms with E-state index in [9.17, 15) is 25.9 Å². The van der Waals surface area contributed by atoms with Crippen LogP contribution in [0.1, 0.15) is 90.2 Å². The first-order valence-electron chi connectivity index (χ1n) is 22.8. The highest BCUT2D eigenvalue weighted by Gasteiger charge is 2.44. The lowest BCUT2D eigenvalue weighted by atomic mass is 9.78. The van der Waals surface area contributed by atoms with Crippen LogP contribution in [0.3, 0.4) is 0 Å². The van der Waals surface area contributed by atoms with Gasteiger partial charge < -0.3 is 15.5 Å². The lowest BCUT2D eigenvalue weighted by Crippen LogP contribution is -2.40. The van der Waals surface area contributed by atoms with E-state index in [-0.39, 0.29) is 28.4 Å². The lowest BCUT2D eigenvalue weighted by molar-refractivity contribution is 0.468. The molecule has 5 aromatic rings. The fraction of sp³-hybridized carbons (Fsp3) is 0.358. The molecule has 65 heavy (non-hydrogen) atoms. The summed E-state index contributed by atoms with van der Waals surface area (Å²) in [4.78, 5) is 7.18. The second-order valence-electron chi connectivity index (χ2n) is 18.8. The SMILES string of the molecule is CC1(C)C(=CC=C2CCCC(C=CC3N(CCCCS(=O)(=O)O)c4ccc5ccccc5c4C3(C)C)=C2Sc2ccc(N)cc2)N(CCCCCS(=O)(=O)O)c2ccc3ccccc3c21. The number of benzene rings is 5. The standard InChI is InChI=1S/C53H61N3O6S3/c1-52(2)47(55(33-10-5-12-35-64(57,58)59)45-29-21-37-15-6-8-19-43(37)49(45)52)31-23-39-17-14-18-40(51(39)63-42-27-25-41(54)26-28-42)24-32-48-53(3,4)50-44-20-9-7-16-38(44)22-30-46(50)56(48)34-11-13-36-65(60,61)62/h6-9,15-16,19-32,48H,5,10-14,17-18,33-36,54H2,1-4H3,(H,57,58,59)(H,60,61,62). The second-order valence-corrected chi connectivity index (χ2v) is 23.0. The molecule has 4 N–H and O–H groups in total. The summed E-state index contributed by atoms with van der Waals surface area (Å²) in [7, 11) is -8.06. The number of hydrogen-bond acceptors (Lipinski definition) is 8. The van der Waals surface area contributed by atoms with Crippen LogP contribution >= 0.6 is 11.8 Å². The van der Waals surface area contributed by atoms with Crippen molar-refractivity contribution in [3.05, 3.63) is 154 Å². The molecule has 0 spiro atoms. The van der Waals surface area contributed by atoms with E-state index in [0.717, 1.165) is 36.3 Å². The number of nitrogens with zero attached hydrogens (tertiary/aromatic N) is 2. The number of fused-ring (bicyclic) bond motifs is 6. The third kappa shape index (κ3) is 10.1. The molecule has 1 atom stereocenters. The smallest absolute Gasteiger partial charge is 0.264 e. The fourth-order valence-corrected chi connectivity index (χ4v) is 12.7. The molecule has 1 unspecified atom stereocenters. The number of rotatable bonds is 16. The van der Waals surface area contributed by atoms with Gasteiger partial charge in [0.15, 0.2) is 0 Å². The van der Waals surface area contributed by atoms with Gasteiger partial charge in [-0.25, -0.2) is 0 Å². The quantitative estimate of drug-likeness (QED) is 0.0497. The van der Waals surface area contributed by atoms with Crippen LogP contribution in [0.2, 0.25) is 0 Å². The summed E-state index contributed by atoms with van der Waals surface area (Å²) >= 11 is 1.77. The molecular formula is C53H61N3O6S3. The van der Waals surface area contributed by atoms with Crippen LogP contribution in [-0.4, -0.2) is 56.6 Å². The molecule has 1 aliphatic carbocycles. The first-order chi connectivity index (χ1) is 30.9. The summed E-state index contributed by atoms with van der Waals surface area (Å²) in [6.07, 6.45) is 15.0. The van der Waals surface area contributed by atoms with Gasteiger partial charge in [-0.2, -0.15) is 16.8 Å². The molecule has 12 heteroatoms. The zero-order chi connectivity index (χ0) is 46.1. The third-order valence-electron chi connectivity index (χ3n) is 13.5. The number of anilines is 3. The molecule has 2 aliphatic heterocycles. The maximum atomic E-state index is 11.7. The number of nitrogens with two attached hydrogens (primary N) is 1. The van der Waals surface area contributed by atoms with E-state index >= 15 is 0 Å². The second kappa shape index (κ2) is 18.8. The van der Waals surface area contributed by atoms with Gasteiger partial charge in [-0.15, -0.1) is 0 Å². The van der Waals surface area contributed by atoms with Gasteiger partial charge in [0.1, 0.15) is 0 Å². The first-order valence-corrected chi connectivity index (χ1v) is 26.8. The molecule has 0 fully saturated rings. The topological polar surface area (TPSA) is 141 Å². The summed E-state index contributed by atoms with van der Waals surface area (Å²) in [5, 5.41) is 4.83. The molecule has 5 aromatic carbocycles. The van der Waals surface area contributed by atoms with Gasteiger partial charge in [0.2, 0.25) is 0 Å². The first kappa shape index (κ1) is 46.7. The van der Waals surface area contributed by atoms with Crippen molar-refractivity contribution in [1.29, 1.82) is 0 Å². The Balaban J connectivity index is 1.19. The largest absolute Gasteiger partial charge is 0.399 e. The Labute approximate surface area is 389 Å². The molecule has 0 saturated heterocycles. The van der Waals surface area contributed by atoms with E-state index in [1.54, 1.807) is 11.8 Å². The average Bonchev–Trinajstić information content (AvgIpc) is 3.62. The Hall–Kier alpha value is -4.85. The zero-order valence-electron chi connectivity index (χ0n) is 37.8. The van der Waals surface area contributed by atoms with Gasteiger partial charge in [-0.3, -0.25) is 9.11 Å². The number of unbranched alkanes of at least 4 members (excludes halogenated alkanes) is 3. The summed E-state index contributed by atoms with van der Waals surface area (Å²) in [6.45, 7) is 10.6. The maximum Gasteiger partial charge on any atom is 0.264 e. The van der Waals surface area contributed by atoms with Crippen LogP contribution in [0.15, 0.2) is 148 Å². The Morgan fingerprint density at radius 1 is 0.692 bits per heavy atom. The van der Waals surface area contributed by atoms with Gasteiger partial charge in [0.25, 0.3) is 20.2 Å². The summed E-state index contributed by atoms with van der Waals surface area (Å²) in [5.41, 5.74) is 14.9. The highest BCUT2D eigenvalue weighted by molar-refractivity contribution is 8.03. The highest BCUT2D eigenvalue weighted by atomic mass is 32.2. The van der Waals surface area contributed by atoms with Crippen molar-refractivity contribution in [3.63, 3.8) is 0 Å². The van der Waals surface area contributed by atoms with E-state index in [0.29, 0.717) is 44.5 Å². The van der Waals surface area contributed by atoms with Crippen LogP contribution < -0.4 is 15.5 Å². The molecule has 2 heterocycles. The molecule has 0 aromatic heterocycles. The Bertz CT molecular complexity index is 2950. The fourth-order valence-electron chi connectivity index (χ4n) is 10.4. The van der Waals surface area contributed by atoms with E-state index in [1.165, 1.54) is 60.1 Å². The normalized spacial score (nSPS) is 19.6. The van der Waals surface area contributed by atoms with Crippen molar-refractivity contribution in [2.24, 2.45) is 0 Å². The van der Waals surface area contributed by atoms with E-state index in [1.807, 2.05) is 12.1 Å². The van der Waals surface area contributed by atoms with Gasteiger partial charge >= 0.3 is 0 Å². The van der Waals surface area contributed by atoms with Gasteiger partial charge in [0.05, 0.1) is 17.5 Å². The summed E-state index contributed by atoms with van der Waals surface area (Å²) < 4.78 is 65.2. The van der Waals surface area contributed by atoms with E-state index in [2.05, 4.69) is 147 Å². The molecule has 9 nitrogen and oxygen atoms in total. The number of nitrogen functional groups attached to an aromatic ring is 1. The van der Waals surface area contributed by atoms with Gasteiger partial charge in [-0.1, -0.05) is 125 Å². The minimum absolute atomic E-state index is 0.0144. The number of allylic oxidation sites excluding steroid dienone is 6. The average molecular weight is 932 g/mol. The predicted molar refractivity (Wildman–Crippen MR) is 271 cm³/mol. The molecule has 342 valence electrons. The Morgan fingerprint density at radius 2 is 1.29 bits per heavy atom. The molecule has 3 aliphatic rings. The predicted octanol–water partition coefficient (Wildman–Crippen LogP) is 12.2. The van der Waals surface area contributed by atoms with Crippen LogP contribution in [0, 0.1) is 0 Å². The van der Waals surface area contributed by atoms with Crippen molar-refractivity contribution in [2.75, 3.05) is 40.1 Å². The van der Waals surface area contributed by atoms with Gasteiger partial charge in [0, 0.05) is 56.5 Å². The minimum Gasteiger partial charge on any atom is -0.399 e. The van der Waals surface area contributed by atoms with Crippen LogP contribution in [0.4, 0.5) is 17.1 Å². The lowest BCUT2D eigenvalue weighted by Gasteiger charge is -2.33. The number of hydrogen-bond donors (Lipinski definition) is 3. The van der Waals surface area contributed by atoms with Crippen LogP contribution in [-0.2, 0) is 31.1 Å². The zero-order valence-corrected chi connectivity index (χ0v) is 40.3. The molecular weight excluding hydrogens is 871 g/mol. The third-order valence-corrected chi connectivity index (χ3v) is 16.4. The van der Waals surface area contributed by atoms with Gasteiger partial charge in [-0.05, 0) is 131 Å². The molecule has 0 amide bonds. The highest BCUT2D eigenvalue weighted by Crippen LogP contribution is 2.52. The molecule has 8 rings (SSSR count). The summed E-state index contributed by atoms with van der Waals surface area (Å²) in [5.74, 6) is -0.489. The van der Waals surface area contributed by atoms with Crippen molar-refractivity contribution >= 4 is 70.6 Å². The van der Waals surface area contributed by atoms with Crippen molar-refractivity contribution in [1.82, 2.24) is 0 Å². The minimum atomic E-state index is -4.05. The van der Waals surface area contributed by atoms with E-state index < -0.39 is 20.2 Å². The molecule has 0 saturated carbocycles. The van der Waals surface area contributed by atoms with E-state index in [4.69, 9.17) is 5.73 Å².